The Balaban J connectivity index is 1.56. The Labute approximate surface area is 174 Å². The molecular weight excluding hydrogens is 372 g/mol. The highest BCUT2D eigenvalue weighted by Gasteiger charge is 2.26. The summed E-state index contributed by atoms with van der Waals surface area (Å²) in [5, 5.41) is 8.45. The third-order valence-electron chi connectivity index (χ3n) is 5.40. The maximum absolute atomic E-state index is 10.3. The van der Waals surface area contributed by atoms with Crippen molar-refractivity contribution in [2.24, 2.45) is 5.92 Å². The number of carbonyl (C=O) groups is 1. The van der Waals surface area contributed by atoms with Crippen LogP contribution >= 0.6 is 0 Å². The summed E-state index contributed by atoms with van der Waals surface area (Å²) in [7, 11) is 0. The van der Waals surface area contributed by atoms with E-state index in [1.54, 1.807) is 0 Å². The van der Waals surface area contributed by atoms with Crippen LogP contribution in [0.4, 0.5) is 0 Å². The minimum atomic E-state index is -0.938. The summed E-state index contributed by atoms with van der Waals surface area (Å²) in [5.41, 5.74) is 1.30. The number of ether oxygens (including phenoxy) is 4. The van der Waals surface area contributed by atoms with Gasteiger partial charge in [-0.25, -0.2) is 4.79 Å². The Bertz CT molecular complexity index is 603. The molecule has 0 saturated heterocycles. The molecule has 0 fully saturated rings. The van der Waals surface area contributed by atoms with Crippen LogP contribution in [0.2, 0.25) is 0 Å². The van der Waals surface area contributed by atoms with E-state index in [0.29, 0.717) is 38.3 Å². The maximum Gasteiger partial charge on any atom is 0.329 e. The third kappa shape index (κ3) is 8.62. The van der Waals surface area contributed by atoms with Crippen molar-refractivity contribution < 1.29 is 28.8 Å². The molecule has 164 valence electrons. The zero-order valence-electron chi connectivity index (χ0n) is 17.9. The van der Waals surface area contributed by atoms with Crippen molar-refractivity contribution in [1.29, 1.82) is 0 Å². The van der Waals surface area contributed by atoms with E-state index in [0.717, 1.165) is 50.2 Å². The molecule has 0 bridgehead atoms. The Kier molecular flexibility index (Phi) is 10.9. The minimum Gasteiger partial charge on any atom is -0.494 e. The van der Waals surface area contributed by atoms with Crippen molar-refractivity contribution in [3.63, 3.8) is 0 Å². The minimum absolute atomic E-state index is 0.241. The predicted octanol–water partition coefficient (Wildman–Crippen LogP) is 4.66. The highest BCUT2D eigenvalue weighted by atomic mass is 16.5. The van der Waals surface area contributed by atoms with Gasteiger partial charge >= 0.3 is 5.97 Å². The zero-order valence-corrected chi connectivity index (χ0v) is 17.9. The molecule has 0 spiro atoms. The first-order chi connectivity index (χ1) is 14.1. The molecule has 29 heavy (non-hydrogen) atoms. The SMILES string of the molecule is CCC(C)C1CCOc2ccc(OCCCCCOCCCOCC(=O)O)cc21. The summed E-state index contributed by atoms with van der Waals surface area (Å²) < 4.78 is 22.3. The fourth-order valence-electron chi connectivity index (χ4n) is 3.56. The summed E-state index contributed by atoms with van der Waals surface area (Å²) in [6.07, 6.45) is 6.01. The van der Waals surface area contributed by atoms with Gasteiger partial charge in [-0.05, 0) is 62.1 Å². The van der Waals surface area contributed by atoms with Gasteiger partial charge in [0.15, 0.2) is 0 Å². The molecule has 1 aromatic carbocycles. The van der Waals surface area contributed by atoms with Crippen LogP contribution in [0.15, 0.2) is 18.2 Å². The smallest absolute Gasteiger partial charge is 0.329 e. The van der Waals surface area contributed by atoms with Crippen LogP contribution in [-0.4, -0.2) is 50.7 Å². The molecule has 0 amide bonds. The van der Waals surface area contributed by atoms with Gasteiger partial charge in [-0.2, -0.15) is 0 Å². The summed E-state index contributed by atoms with van der Waals surface area (Å²) in [6, 6.07) is 6.22. The first kappa shape index (κ1) is 23.5. The summed E-state index contributed by atoms with van der Waals surface area (Å²) in [5.74, 6) is 2.21. The third-order valence-corrected chi connectivity index (χ3v) is 5.40. The number of aliphatic carboxylic acids is 1. The molecule has 0 aromatic heterocycles. The van der Waals surface area contributed by atoms with Gasteiger partial charge in [0.2, 0.25) is 0 Å². The van der Waals surface area contributed by atoms with Gasteiger partial charge in [0.1, 0.15) is 18.1 Å². The Morgan fingerprint density at radius 1 is 1.14 bits per heavy atom. The largest absolute Gasteiger partial charge is 0.494 e. The Morgan fingerprint density at radius 2 is 1.90 bits per heavy atom. The van der Waals surface area contributed by atoms with Crippen LogP contribution < -0.4 is 9.47 Å². The van der Waals surface area contributed by atoms with Gasteiger partial charge in [-0.3, -0.25) is 0 Å². The monoisotopic (exact) mass is 408 g/mol. The van der Waals surface area contributed by atoms with E-state index < -0.39 is 5.97 Å². The molecule has 2 unspecified atom stereocenters. The molecule has 1 heterocycles. The first-order valence-electron chi connectivity index (χ1n) is 10.9. The number of benzene rings is 1. The highest BCUT2D eigenvalue weighted by molar-refractivity contribution is 5.67. The second-order valence-corrected chi connectivity index (χ2v) is 7.65. The topological polar surface area (TPSA) is 74.2 Å². The standard InChI is InChI=1S/C23H36O6/c1-3-18(2)20-10-15-29-22-9-8-19(16-21(20)22)28-14-6-4-5-11-26-12-7-13-27-17-23(24)25/h8-9,16,18,20H,3-7,10-15,17H2,1-2H3,(H,24,25). The molecule has 1 aromatic rings. The van der Waals surface area contributed by atoms with Crippen LogP contribution in [-0.2, 0) is 14.3 Å². The molecule has 6 heteroatoms. The number of carboxylic acid groups (broad SMARTS) is 1. The summed E-state index contributed by atoms with van der Waals surface area (Å²) >= 11 is 0. The first-order valence-corrected chi connectivity index (χ1v) is 10.9. The number of hydrogen-bond acceptors (Lipinski definition) is 5. The van der Waals surface area contributed by atoms with Gasteiger partial charge in [0, 0.05) is 25.4 Å². The van der Waals surface area contributed by atoms with Gasteiger partial charge in [-0.1, -0.05) is 20.3 Å². The molecule has 0 radical (unpaired) electrons. The average Bonchev–Trinajstić information content (AvgIpc) is 2.73. The number of hydrogen-bond donors (Lipinski definition) is 1. The molecular formula is C23H36O6. The fraction of sp³-hybridized carbons (Fsp3) is 0.696. The fourth-order valence-corrected chi connectivity index (χ4v) is 3.56. The van der Waals surface area contributed by atoms with Crippen molar-refractivity contribution in [2.75, 3.05) is 39.6 Å². The van der Waals surface area contributed by atoms with Crippen LogP contribution in [0.1, 0.15) is 63.9 Å². The van der Waals surface area contributed by atoms with Gasteiger partial charge in [-0.15, -0.1) is 0 Å². The van der Waals surface area contributed by atoms with E-state index >= 15 is 0 Å². The molecule has 0 saturated carbocycles. The van der Waals surface area contributed by atoms with Crippen LogP contribution in [0.5, 0.6) is 11.5 Å². The molecule has 2 rings (SSSR count). The van der Waals surface area contributed by atoms with Crippen molar-refractivity contribution in [3.8, 4) is 11.5 Å². The lowest BCUT2D eigenvalue weighted by Gasteiger charge is -2.30. The lowest BCUT2D eigenvalue weighted by atomic mass is 9.82. The van der Waals surface area contributed by atoms with E-state index in [1.165, 1.54) is 12.0 Å². The van der Waals surface area contributed by atoms with Crippen molar-refractivity contribution in [3.05, 3.63) is 23.8 Å². The molecule has 1 aliphatic rings. The summed E-state index contributed by atoms with van der Waals surface area (Å²) in [6.45, 7) is 7.57. The van der Waals surface area contributed by atoms with Crippen molar-refractivity contribution in [1.82, 2.24) is 0 Å². The van der Waals surface area contributed by atoms with E-state index in [4.69, 9.17) is 24.1 Å². The van der Waals surface area contributed by atoms with E-state index in [1.807, 2.05) is 12.1 Å². The number of rotatable bonds is 15. The van der Waals surface area contributed by atoms with Crippen LogP contribution in [0, 0.1) is 5.92 Å². The normalized spacial score (nSPS) is 16.7. The highest BCUT2D eigenvalue weighted by Crippen LogP contribution is 2.41. The number of carboxylic acids is 1. The second kappa shape index (κ2) is 13.4. The average molecular weight is 409 g/mol. The van der Waals surface area contributed by atoms with E-state index in [-0.39, 0.29) is 6.61 Å². The van der Waals surface area contributed by atoms with Gasteiger partial charge in [0.25, 0.3) is 0 Å². The molecule has 0 aliphatic carbocycles. The van der Waals surface area contributed by atoms with Crippen molar-refractivity contribution >= 4 is 5.97 Å². The van der Waals surface area contributed by atoms with E-state index in [9.17, 15) is 4.79 Å². The Hall–Kier alpha value is -1.79. The summed E-state index contributed by atoms with van der Waals surface area (Å²) in [4.78, 5) is 10.3. The maximum atomic E-state index is 10.3. The molecule has 2 atom stereocenters. The van der Waals surface area contributed by atoms with Crippen molar-refractivity contribution in [2.45, 2.75) is 58.3 Å². The predicted molar refractivity (Wildman–Crippen MR) is 112 cm³/mol. The van der Waals surface area contributed by atoms with E-state index in [2.05, 4.69) is 19.9 Å². The lowest BCUT2D eigenvalue weighted by molar-refractivity contribution is -0.142. The molecule has 1 aliphatic heterocycles. The molecule has 1 N–H and O–H groups in total. The molecule has 6 nitrogen and oxygen atoms in total. The zero-order chi connectivity index (χ0) is 20.9. The number of fused-ring (bicyclic) bond motifs is 1. The van der Waals surface area contributed by atoms with Gasteiger partial charge in [0.05, 0.1) is 13.2 Å². The number of unbranched alkanes of at least 4 members (excludes halogenated alkanes) is 2. The lowest BCUT2D eigenvalue weighted by Crippen LogP contribution is -2.19. The Morgan fingerprint density at radius 3 is 2.69 bits per heavy atom. The second-order valence-electron chi connectivity index (χ2n) is 7.65. The van der Waals surface area contributed by atoms with Crippen LogP contribution in [0.3, 0.4) is 0 Å². The quantitative estimate of drug-likeness (QED) is 0.426. The van der Waals surface area contributed by atoms with Crippen LogP contribution in [0.25, 0.3) is 0 Å². The van der Waals surface area contributed by atoms with Gasteiger partial charge < -0.3 is 24.1 Å².